The number of aromatic nitrogens is 4. The largest absolute Gasteiger partial charge is 0.497 e. The third-order valence-corrected chi connectivity index (χ3v) is 7.66. The number of nitrogens with zero attached hydrogens (tertiary/aromatic N) is 5. The van der Waals surface area contributed by atoms with E-state index in [0.29, 0.717) is 21.5 Å². The lowest BCUT2D eigenvalue weighted by atomic mass is 10.1. The smallest absolute Gasteiger partial charge is 0.235 e. The molecular formula is C24H20N6O2S2. The molecule has 0 radical (unpaired) electrons. The molecule has 3 aromatic heterocycles. The van der Waals surface area contributed by atoms with E-state index < -0.39 is 0 Å². The molecule has 0 bridgehead atoms. The molecule has 5 rings (SSSR count). The van der Waals surface area contributed by atoms with Gasteiger partial charge in [-0.1, -0.05) is 11.8 Å². The summed E-state index contributed by atoms with van der Waals surface area (Å²) in [6.07, 6.45) is 6.35. The van der Waals surface area contributed by atoms with Crippen LogP contribution in [0.4, 0.5) is 5.00 Å². The number of methoxy groups -OCH3 is 1. The van der Waals surface area contributed by atoms with E-state index in [0.717, 1.165) is 41.8 Å². The van der Waals surface area contributed by atoms with Crippen molar-refractivity contribution in [1.82, 2.24) is 19.7 Å². The van der Waals surface area contributed by atoms with Crippen LogP contribution in [0.5, 0.6) is 5.75 Å². The fourth-order valence-corrected chi connectivity index (χ4v) is 5.93. The molecule has 1 amide bonds. The molecule has 34 heavy (non-hydrogen) atoms. The van der Waals surface area contributed by atoms with E-state index in [2.05, 4.69) is 26.6 Å². The second-order valence-corrected chi connectivity index (χ2v) is 9.63. The highest BCUT2D eigenvalue weighted by Gasteiger charge is 2.23. The maximum Gasteiger partial charge on any atom is 0.235 e. The molecule has 3 heterocycles. The number of thiophene rings is 1. The topological polar surface area (TPSA) is 106 Å². The normalized spacial score (nSPS) is 12.2. The highest BCUT2D eigenvalue weighted by molar-refractivity contribution is 7.99. The molecule has 0 spiro atoms. The van der Waals surface area contributed by atoms with Gasteiger partial charge in [0.25, 0.3) is 0 Å². The van der Waals surface area contributed by atoms with Gasteiger partial charge in [-0.2, -0.15) is 5.26 Å². The van der Waals surface area contributed by atoms with Crippen LogP contribution in [-0.4, -0.2) is 38.5 Å². The molecule has 1 aliphatic carbocycles. The van der Waals surface area contributed by atoms with Gasteiger partial charge in [-0.3, -0.25) is 14.3 Å². The number of hydrogen-bond donors (Lipinski definition) is 1. The minimum atomic E-state index is -0.184. The average Bonchev–Trinajstić information content (AvgIpc) is 3.58. The first kappa shape index (κ1) is 22.1. The first-order valence-corrected chi connectivity index (χ1v) is 12.5. The zero-order valence-corrected chi connectivity index (χ0v) is 19.9. The van der Waals surface area contributed by atoms with Crippen LogP contribution in [0.25, 0.3) is 17.1 Å². The maximum absolute atomic E-state index is 12.8. The fraction of sp³-hybridized carbons (Fsp3) is 0.208. The van der Waals surface area contributed by atoms with Crippen molar-refractivity contribution in [2.45, 2.75) is 24.4 Å². The summed E-state index contributed by atoms with van der Waals surface area (Å²) in [5.41, 5.74) is 3.41. The zero-order valence-electron chi connectivity index (χ0n) is 18.3. The summed E-state index contributed by atoms with van der Waals surface area (Å²) in [4.78, 5) is 18.1. The number of fused-ring (bicyclic) bond motifs is 1. The van der Waals surface area contributed by atoms with Crippen LogP contribution in [0.15, 0.2) is 53.9 Å². The lowest BCUT2D eigenvalue weighted by molar-refractivity contribution is -0.113. The summed E-state index contributed by atoms with van der Waals surface area (Å²) in [7, 11) is 1.62. The van der Waals surface area contributed by atoms with Crippen molar-refractivity contribution in [2.24, 2.45) is 0 Å². The molecule has 1 aromatic carbocycles. The minimum absolute atomic E-state index is 0.137. The number of ether oxygens (including phenoxy) is 1. The van der Waals surface area contributed by atoms with Gasteiger partial charge in [-0.05, 0) is 61.2 Å². The lowest BCUT2D eigenvalue weighted by Crippen LogP contribution is -2.14. The van der Waals surface area contributed by atoms with E-state index in [1.165, 1.54) is 28.0 Å². The predicted molar refractivity (Wildman–Crippen MR) is 132 cm³/mol. The van der Waals surface area contributed by atoms with Gasteiger partial charge >= 0.3 is 0 Å². The minimum Gasteiger partial charge on any atom is -0.497 e. The van der Waals surface area contributed by atoms with Crippen LogP contribution >= 0.6 is 23.1 Å². The number of aryl methyl sites for hydroxylation is 1. The van der Waals surface area contributed by atoms with E-state index in [-0.39, 0.29) is 11.7 Å². The van der Waals surface area contributed by atoms with Gasteiger partial charge in [0.15, 0.2) is 11.0 Å². The van der Waals surface area contributed by atoms with Gasteiger partial charge in [0.1, 0.15) is 16.8 Å². The maximum atomic E-state index is 12.8. The Hall–Kier alpha value is -3.68. The van der Waals surface area contributed by atoms with Crippen molar-refractivity contribution in [3.05, 3.63) is 64.8 Å². The van der Waals surface area contributed by atoms with Gasteiger partial charge < -0.3 is 10.1 Å². The van der Waals surface area contributed by atoms with Crippen LogP contribution in [0.1, 0.15) is 22.4 Å². The molecule has 1 N–H and O–H groups in total. The average molecular weight is 489 g/mol. The first-order valence-electron chi connectivity index (χ1n) is 10.7. The molecule has 10 heteroatoms. The Morgan fingerprint density at radius 1 is 1.21 bits per heavy atom. The van der Waals surface area contributed by atoms with Gasteiger partial charge in [0.05, 0.1) is 18.4 Å². The van der Waals surface area contributed by atoms with Crippen LogP contribution < -0.4 is 10.1 Å². The summed E-state index contributed by atoms with van der Waals surface area (Å²) in [6, 6.07) is 13.6. The molecule has 170 valence electrons. The highest BCUT2D eigenvalue weighted by atomic mass is 32.2. The number of benzene rings is 1. The van der Waals surface area contributed by atoms with Crippen molar-refractivity contribution in [1.29, 1.82) is 5.26 Å². The summed E-state index contributed by atoms with van der Waals surface area (Å²) < 4.78 is 7.19. The Balaban J connectivity index is 1.39. The number of thioether (sulfide) groups is 1. The third-order valence-electron chi connectivity index (χ3n) is 5.52. The Labute approximate surface area is 204 Å². The molecule has 0 atom stereocenters. The third kappa shape index (κ3) is 4.27. The molecule has 0 unspecified atom stereocenters. The van der Waals surface area contributed by atoms with Gasteiger partial charge in [0.2, 0.25) is 5.91 Å². The standard InChI is InChI=1S/C24H20N6O2S2/c1-32-17-7-5-16(6-8-17)30-22(15-9-11-26-12-10-15)28-29-24(30)33-14-21(31)27-23-19(13-25)18-3-2-4-20(18)34-23/h5-12H,2-4,14H2,1H3,(H,27,31). The Kier molecular flexibility index (Phi) is 6.29. The number of carbonyl (C=O) groups excluding carboxylic acids is 1. The van der Waals surface area contributed by atoms with Gasteiger partial charge in [-0.15, -0.1) is 21.5 Å². The summed E-state index contributed by atoms with van der Waals surface area (Å²) in [5, 5.41) is 22.5. The number of amides is 1. The molecule has 8 nitrogen and oxygen atoms in total. The number of pyridine rings is 1. The van der Waals surface area contributed by atoms with Crippen molar-refractivity contribution in [3.63, 3.8) is 0 Å². The van der Waals surface area contributed by atoms with E-state index in [1.807, 2.05) is 41.0 Å². The Bertz CT molecular complexity index is 1370. The van der Waals surface area contributed by atoms with Crippen LogP contribution in [0.3, 0.4) is 0 Å². The summed E-state index contributed by atoms with van der Waals surface area (Å²) in [6.45, 7) is 0. The number of carbonyl (C=O) groups is 1. The van der Waals surface area contributed by atoms with E-state index in [9.17, 15) is 10.1 Å². The van der Waals surface area contributed by atoms with E-state index >= 15 is 0 Å². The second-order valence-electron chi connectivity index (χ2n) is 7.59. The monoisotopic (exact) mass is 488 g/mol. The lowest BCUT2D eigenvalue weighted by Gasteiger charge is -2.11. The molecule has 0 aliphatic heterocycles. The van der Waals surface area contributed by atoms with Crippen LogP contribution in [-0.2, 0) is 17.6 Å². The molecule has 1 aliphatic rings. The summed E-state index contributed by atoms with van der Waals surface area (Å²) >= 11 is 2.80. The SMILES string of the molecule is COc1ccc(-n2c(SCC(=O)Nc3sc4c(c3C#N)CCC4)nnc2-c2ccncc2)cc1. The molecule has 0 saturated carbocycles. The predicted octanol–water partition coefficient (Wildman–Crippen LogP) is 4.49. The first-order chi connectivity index (χ1) is 16.7. The molecule has 0 saturated heterocycles. The molecular weight excluding hydrogens is 468 g/mol. The highest BCUT2D eigenvalue weighted by Crippen LogP contribution is 2.38. The van der Waals surface area contributed by atoms with Gasteiger partial charge in [-0.25, -0.2) is 0 Å². The van der Waals surface area contributed by atoms with Crippen molar-refractivity contribution < 1.29 is 9.53 Å². The van der Waals surface area contributed by atoms with Crippen LogP contribution in [0.2, 0.25) is 0 Å². The molecule has 4 aromatic rings. The van der Waals surface area contributed by atoms with Crippen molar-refractivity contribution >= 4 is 34.0 Å². The van der Waals surface area contributed by atoms with Gasteiger partial charge in [0, 0.05) is 28.5 Å². The van der Waals surface area contributed by atoms with E-state index in [1.54, 1.807) is 19.5 Å². The van der Waals surface area contributed by atoms with Crippen molar-refractivity contribution in [3.8, 4) is 28.9 Å². The number of rotatable bonds is 7. The Morgan fingerprint density at radius 2 is 2.00 bits per heavy atom. The van der Waals surface area contributed by atoms with Crippen LogP contribution in [0, 0.1) is 11.3 Å². The quantitative estimate of drug-likeness (QED) is 0.382. The fourth-order valence-electron chi connectivity index (χ4n) is 3.92. The summed E-state index contributed by atoms with van der Waals surface area (Å²) in [5.74, 6) is 1.35. The van der Waals surface area contributed by atoms with Crippen molar-refractivity contribution in [2.75, 3.05) is 18.2 Å². The zero-order chi connectivity index (χ0) is 23.5. The number of anilines is 1. The molecule has 0 fully saturated rings. The second kappa shape index (κ2) is 9.67. The Morgan fingerprint density at radius 3 is 2.74 bits per heavy atom. The number of hydrogen-bond acceptors (Lipinski definition) is 8. The number of nitriles is 1. The number of nitrogens with one attached hydrogen (secondary N) is 1. The van der Waals surface area contributed by atoms with E-state index in [4.69, 9.17) is 4.74 Å².